The molecule has 14 heavy (non-hydrogen) atoms. The molecule has 1 aromatic rings. The fraction of sp³-hybridized carbons (Fsp3) is 0.250. The summed E-state index contributed by atoms with van der Waals surface area (Å²) in [5, 5.41) is 0. The van der Waals surface area contributed by atoms with Gasteiger partial charge in [0, 0.05) is 0 Å². The van der Waals surface area contributed by atoms with Gasteiger partial charge in [-0.05, 0) is 35.8 Å². The number of hydrogen-bond acceptors (Lipinski definition) is 2. The molecule has 0 saturated carbocycles. The van der Waals surface area contributed by atoms with Crippen molar-refractivity contribution in [2.45, 2.75) is 13.3 Å². The smallest absolute Gasteiger partial charge is 0.142 e. The van der Waals surface area contributed by atoms with E-state index in [9.17, 15) is 4.79 Å². The van der Waals surface area contributed by atoms with Crippen molar-refractivity contribution in [1.29, 1.82) is 0 Å². The normalized spacial score (nSPS) is 10.4. The molecule has 0 aliphatic rings. The van der Waals surface area contributed by atoms with Gasteiger partial charge in [-0.2, -0.15) is 0 Å². The van der Waals surface area contributed by atoms with Gasteiger partial charge < -0.3 is 4.74 Å². The van der Waals surface area contributed by atoms with Gasteiger partial charge in [-0.3, -0.25) is 4.79 Å². The molecular weight excluding hydrogens is 176 g/mol. The Morgan fingerprint density at radius 3 is 2.79 bits per heavy atom. The molecule has 0 atom stereocenters. The quantitative estimate of drug-likeness (QED) is 0.538. The van der Waals surface area contributed by atoms with Crippen molar-refractivity contribution in [3.8, 4) is 5.75 Å². The molecule has 2 heteroatoms. The molecule has 1 aromatic carbocycles. The van der Waals surface area contributed by atoms with Crippen molar-refractivity contribution in [1.82, 2.24) is 0 Å². The first-order chi connectivity index (χ1) is 6.81. The van der Waals surface area contributed by atoms with Crippen LogP contribution in [0.1, 0.15) is 18.1 Å². The second-order valence-corrected chi connectivity index (χ2v) is 2.92. The molecule has 0 heterocycles. The molecule has 0 amide bonds. The minimum Gasteiger partial charge on any atom is -0.496 e. The Morgan fingerprint density at radius 1 is 1.43 bits per heavy atom. The molecule has 2 nitrogen and oxygen atoms in total. The van der Waals surface area contributed by atoms with E-state index in [-0.39, 0.29) is 0 Å². The molecule has 0 unspecified atom stereocenters. The van der Waals surface area contributed by atoms with E-state index < -0.39 is 0 Å². The highest BCUT2D eigenvalue weighted by Crippen LogP contribution is 2.20. The van der Waals surface area contributed by atoms with E-state index >= 15 is 0 Å². The van der Waals surface area contributed by atoms with Gasteiger partial charge in [-0.25, -0.2) is 0 Å². The predicted molar refractivity (Wildman–Crippen MR) is 57.5 cm³/mol. The van der Waals surface area contributed by atoms with Crippen molar-refractivity contribution in [2.24, 2.45) is 0 Å². The highest BCUT2D eigenvalue weighted by Gasteiger charge is 2.00. The zero-order valence-corrected chi connectivity index (χ0v) is 8.49. The maximum Gasteiger partial charge on any atom is 0.142 e. The van der Waals surface area contributed by atoms with Crippen LogP contribution in [0.4, 0.5) is 0 Å². The summed E-state index contributed by atoms with van der Waals surface area (Å²) < 4.78 is 5.20. The van der Waals surface area contributed by atoms with Gasteiger partial charge in [0.1, 0.15) is 12.0 Å². The van der Waals surface area contributed by atoms with Gasteiger partial charge in [-0.1, -0.05) is 19.1 Å². The molecule has 0 bridgehead atoms. The second kappa shape index (κ2) is 5.22. The van der Waals surface area contributed by atoms with Crippen LogP contribution in [0.15, 0.2) is 24.3 Å². The number of hydrogen-bond donors (Lipinski definition) is 0. The molecule has 0 aliphatic carbocycles. The number of carbonyl (C=O) groups is 1. The largest absolute Gasteiger partial charge is 0.496 e. The summed E-state index contributed by atoms with van der Waals surface area (Å²) in [7, 11) is 1.66. The van der Waals surface area contributed by atoms with E-state index in [1.165, 1.54) is 6.08 Å². The molecule has 0 spiro atoms. The lowest BCUT2D eigenvalue weighted by Gasteiger charge is -2.06. The molecule has 0 aromatic heterocycles. The topological polar surface area (TPSA) is 26.3 Å². The fourth-order valence-corrected chi connectivity index (χ4v) is 1.33. The standard InChI is InChI=1S/C12H14O2/c1-3-11-9-10(5-4-8-13)6-7-12(11)14-2/h4-9H,3H2,1-2H3/b5-4+. The summed E-state index contributed by atoms with van der Waals surface area (Å²) >= 11 is 0. The first kappa shape index (κ1) is 10.5. The van der Waals surface area contributed by atoms with E-state index in [0.717, 1.165) is 29.6 Å². The number of benzene rings is 1. The molecule has 0 aliphatic heterocycles. The monoisotopic (exact) mass is 190 g/mol. The predicted octanol–water partition coefficient (Wildman–Crippen LogP) is 2.47. The zero-order valence-electron chi connectivity index (χ0n) is 8.49. The van der Waals surface area contributed by atoms with Crippen LogP contribution in [0, 0.1) is 0 Å². The van der Waals surface area contributed by atoms with Crippen LogP contribution in [-0.4, -0.2) is 13.4 Å². The first-order valence-corrected chi connectivity index (χ1v) is 4.60. The lowest BCUT2D eigenvalue weighted by atomic mass is 10.1. The average molecular weight is 190 g/mol. The fourth-order valence-electron chi connectivity index (χ4n) is 1.33. The van der Waals surface area contributed by atoms with Gasteiger partial charge in [0.2, 0.25) is 0 Å². The van der Waals surface area contributed by atoms with Crippen molar-refractivity contribution < 1.29 is 9.53 Å². The lowest BCUT2D eigenvalue weighted by Crippen LogP contribution is -1.90. The third kappa shape index (κ3) is 2.46. The van der Waals surface area contributed by atoms with E-state index in [0.29, 0.717) is 0 Å². The molecule has 74 valence electrons. The number of allylic oxidation sites excluding steroid dienone is 1. The van der Waals surface area contributed by atoms with E-state index in [2.05, 4.69) is 6.92 Å². The summed E-state index contributed by atoms with van der Waals surface area (Å²) in [6.45, 7) is 2.07. The molecule has 1 rings (SSSR count). The third-order valence-corrected chi connectivity index (χ3v) is 2.05. The Kier molecular flexibility index (Phi) is 3.92. The maximum atomic E-state index is 10.1. The van der Waals surface area contributed by atoms with E-state index in [4.69, 9.17) is 4.74 Å². The third-order valence-electron chi connectivity index (χ3n) is 2.05. The average Bonchev–Trinajstić information content (AvgIpc) is 2.25. The van der Waals surface area contributed by atoms with Crippen LogP contribution < -0.4 is 4.74 Å². The molecule has 0 saturated heterocycles. The highest BCUT2D eigenvalue weighted by atomic mass is 16.5. The number of rotatable bonds is 4. The second-order valence-electron chi connectivity index (χ2n) is 2.92. The van der Waals surface area contributed by atoms with Crippen molar-refractivity contribution in [3.63, 3.8) is 0 Å². The molecule has 0 N–H and O–H groups in total. The molecular formula is C12H14O2. The Hall–Kier alpha value is -1.57. The van der Waals surface area contributed by atoms with Crippen LogP contribution in [0.2, 0.25) is 0 Å². The van der Waals surface area contributed by atoms with Crippen molar-refractivity contribution in [3.05, 3.63) is 35.4 Å². The van der Waals surface area contributed by atoms with Crippen LogP contribution in [0.3, 0.4) is 0 Å². The van der Waals surface area contributed by atoms with Crippen LogP contribution >= 0.6 is 0 Å². The summed E-state index contributed by atoms with van der Waals surface area (Å²) in [6, 6.07) is 5.88. The SMILES string of the molecule is CCc1cc(/C=C/C=O)ccc1OC. The van der Waals surface area contributed by atoms with E-state index in [1.54, 1.807) is 13.2 Å². The first-order valence-electron chi connectivity index (χ1n) is 4.60. The highest BCUT2D eigenvalue weighted by molar-refractivity contribution is 5.74. The summed E-state index contributed by atoms with van der Waals surface area (Å²) in [6.07, 6.45) is 4.97. The van der Waals surface area contributed by atoms with Crippen LogP contribution in [0.25, 0.3) is 6.08 Å². The minimum atomic E-state index is 0.774. The Balaban J connectivity index is 3.00. The summed E-state index contributed by atoms with van der Waals surface area (Å²) in [5.41, 5.74) is 2.18. The molecule has 0 fully saturated rings. The number of aryl methyl sites for hydroxylation is 1. The van der Waals surface area contributed by atoms with Gasteiger partial charge in [-0.15, -0.1) is 0 Å². The Labute approximate surface area is 84.2 Å². The number of methoxy groups -OCH3 is 1. The van der Waals surface area contributed by atoms with Gasteiger partial charge in [0.15, 0.2) is 0 Å². The molecule has 0 radical (unpaired) electrons. The maximum absolute atomic E-state index is 10.1. The van der Waals surface area contributed by atoms with E-state index in [1.807, 2.05) is 18.2 Å². The minimum absolute atomic E-state index is 0.774. The number of carbonyl (C=O) groups excluding carboxylic acids is 1. The Morgan fingerprint density at radius 2 is 2.21 bits per heavy atom. The van der Waals surface area contributed by atoms with Crippen molar-refractivity contribution >= 4 is 12.4 Å². The zero-order chi connectivity index (χ0) is 10.4. The van der Waals surface area contributed by atoms with Gasteiger partial charge in [0.05, 0.1) is 7.11 Å². The van der Waals surface area contributed by atoms with Crippen molar-refractivity contribution in [2.75, 3.05) is 7.11 Å². The van der Waals surface area contributed by atoms with Crippen LogP contribution in [0.5, 0.6) is 5.75 Å². The lowest BCUT2D eigenvalue weighted by molar-refractivity contribution is -0.104. The summed E-state index contributed by atoms with van der Waals surface area (Å²) in [5.74, 6) is 0.899. The number of ether oxygens (including phenoxy) is 1. The van der Waals surface area contributed by atoms with Crippen LogP contribution in [-0.2, 0) is 11.2 Å². The summed E-state index contributed by atoms with van der Waals surface area (Å²) in [4.78, 5) is 10.1. The van der Waals surface area contributed by atoms with Gasteiger partial charge in [0.25, 0.3) is 0 Å². The number of aldehydes is 1. The van der Waals surface area contributed by atoms with Gasteiger partial charge >= 0.3 is 0 Å². The Bertz CT molecular complexity index is 340.